The summed E-state index contributed by atoms with van der Waals surface area (Å²) in [5.41, 5.74) is 4.74. The van der Waals surface area contributed by atoms with Gasteiger partial charge < -0.3 is 11.1 Å². The minimum absolute atomic E-state index is 0.144. The van der Waals surface area contributed by atoms with Crippen LogP contribution in [0.25, 0.3) is 0 Å². The van der Waals surface area contributed by atoms with E-state index in [-0.39, 0.29) is 16.3 Å². The molecule has 0 fully saturated rings. The quantitative estimate of drug-likeness (QED) is 0.833. The van der Waals surface area contributed by atoms with Gasteiger partial charge in [-0.1, -0.05) is 11.6 Å². The molecule has 0 aromatic heterocycles. The first-order chi connectivity index (χ1) is 9.38. The van der Waals surface area contributed by atoms with Crippen LogP contribution in [0.2, 0.25) is 5.02 Å². The van der Waals surface area contributed by atoms with Crippen LogP contribution in [0.3, 0.4) is 0 Å². The van der Waals surface area contributed by atoms with Gasteiger partial charge >= 0.3 is 0 Å². The van der Waals surface area contributed by atoms with Gasteiger partial charge in [-0.05, 0) is 24.3 Å². The molecular formula is C13H8ClF3N2O. The lowest BCUT2D eigenvalue weighted by Gasteiger charge is -2.09. The van der Waals surface area contributed by atoms with Crippen molar-refractivity contribution in [3.63, 3.8) is 0 Å². The zero-order valence-electron chi connectivity index (χ0n) is 9.88. The lowest BCUT2D eigenvalue weighted by Crippen LogP contribution is -2.15. The third kappa shape index (κ3) is 2.85. The zero-order chi connectivity index (χ0) is 14.9. The second kappa shape index (κ2) is 5.42. The van der Waals surface area contributed by atoms with Gasteiger partial charge in [0.15, 0.2) is 5.82 Å². The normalized spacial score (nSPS) is 10.4. The van der Waals surface area contributed by atoms with Crippen molar-refractivity contribution >= 4 is 28.9 Å². The minimum atomic E-state index is -1.06. The van der Waals surface area contributed by atoms with E-state index in [0.29, 0.717) is 6.07 Å². The van der Waals surface area contributed by atoms with Crippen molar-refractivity contribution in [2.75, 3.05) is 11.1 Å². The second-order valence-corrected chi connectivity index (χ2v) is 4.35. The lowest BCUT2D eigenvalue weighted by atomic mass is 10.1. The number of hydrogen-bond acceptors (Lipinski definition) is 2. The maximum atomic E-state index is 13.5. The van der Waals surface area contributed by atoms with Crippen molar-refractivity contribution in [1.82, 2.24) is 0 Å². The van der Waals surface area contributed by atoms with E-state index in [1.165, 1.54) is 6.07 Å². The molecule has 3 nitrogen and oxygen atoms in total. The first-order valence-electron chi connectivity index (χ1n) is 5.39. The highest BCUT2D eigenvalue weighted by Gasteiger charge is 2.17. The molecular weight excluding hydrogens is 293 g/mol. The molecule has 2 aromatic carbocycles. The molecule has 0 atom stereocenters. The Kier molecular flexibility index (Phi) is 3.85. The molecule has 0 unspecified atom stereocenters. The van der Waals surface area contributed by atoms with E-state index in [2.05, 4.69) is 5.32 Å². The first kappa shape index (κ1) is 14.2. The van der Waals surface area contributed by atoms with E-state index in [9.17, 15) is 18.0 Å². The minimum Gasteiger partial charge on any atom is -0.399 e. The van der Waals surface area contributed by atoms with E-state index >= 15 is 0 Å². The molecule has 0 radical (unpaired) electrons. The number of benzene rings is 2. The number of rotatable bonds is 2. The number of nitrogen functional groups attached to an aromatic ring is 1. The summed E-state index contributed by atoms with van der Waals surface area (Å²) in [6.45, 7) is 0. The summed E-state index contributed by atoms with van der Waals surface area (Å²) < 4.78 is 39.9. The number of carbonyl (C=O) groups is 1. The third-order valence-corrected chi connectivity index (χ3v) is 2.78. The average molecular weight is 301 g/mol. The molecule has 7 heteroatoms. The fourth-order valence-corrected chi connectivity index (χ4v) is 1.80. The smallest absolute Gasteiger partial charge is 0.258 e. The maximum absolute atomic E-state index is 13.5. The molecule has 0 heterocycles. The van der Waals surface area contributed by atoms with Gasteiger partial charge in [-0.2, -0.15) is 0 Å². The summed E-state index contributed by atoms with van der Waals surface area (Å²) in [4.78, 5) is 11.8. The molecule has 0 spiro atoms. The summed E-state index contributed by atoms with van der Waals surface area (Å²) in [6.07, 6.45) is 0. The number of nitrogens with two attached hydrogens (primary N) is 1. The van der Waals surface area contributed by atoms with Gasteiger partial charge in [-0.15, -0.1) is 0 Å². The third-order valence-electron chi connectivity index (χ3n) is 2.48. The zero-order valence-corrected chi connectivity index (χ0v) is 10.6. The molecule has 0 saturated heterocycles. The van der Waals surface area contributed by atoms with E-state index in [0.717, 1.165) is 18.2 Å². The van der Waals surface area contributed by atoms with Gasteiger partial charge in [0, 0.05) is 11.8 Å². The van der Waals surface area contributed by atoms with Gasteiger partial charge in [0.2, 0.25) is 0 Å². The van der Waals surface area contributed by atoms with Crippen molar-refractivity contribution in [1.29, 1.82) is 0 Å². The van der Waals surface area contributed by atoms with Crippen LogP contribution in [0.15, 0.2) is 30.3 Å². The highest BCUT2D eigenvalue weighted by atomic mass is 35.5. The van der Waals surface area contributed by atoms with Crippen molar-refractivity contribution in [3.05, 3.63) is 58.4 Å². The van der Waals surface area contributed by atoms with Crippen molar-refractivity contribution in [2.24, 2.45) is 0 Å². The van der Waals surface area contributed by atoms with E-state index in [4.69, 9.17) is 17.3 Å². The Morgan fingerprint density at radius 3 is 2.40 bits per heavy atom. The molecule has 3 N–H and O–H groups in total. The Balaban J connectivity index is 2.33. The summed E-state index contributed by atoms with van der Waals surface area (Å²) in [7, 11) is 0. The Labute approximate surface area is 117 Å². The Morgan fingerprint density at radius 2 is 1.80 bits per heavy atom. The van der Waals surface area contributed by atoms with Gasteiger partial charge in [0.1, 0.15) is 11.6 Å². The van der Waals surface area contributed by atoms with Crippen molar-refractivity contribution in [3.8, 4) is 0 Å². The molecule has 0 aliphatic heterocycles. The molecule has 104 valence electrons. The number of halogens is 4. The van der Waals surface area contributed by atoms with E-state index in [1.54, 1.807) is 0 Å². The molecule has 1 amide bonds. The van der Waals surface area contributed by atoms with Gasteiger partial charge in [-0.3, -0.25) is 4.79 Å². The first-order valence-corrected chi connectivity index (χ1v) is 5.77. The Hall–Kier alpha value is -2.21. The van der Waals surface area contributed by atoms with Crippen molar-refractivity contribution in [2.45, 2.75) is 0 Å². The molecule has 0 aliphatic rings. The van der Waals surface area contributed by atoms with Gasteiger partial charge in [-0.25, -0.2) is 13.2 Å². The molecule has 2 aromatic rings. The highest BCUT2D eigenvalue weighted by molar-refractivity contribution is 6.34. The summed E-state index contributed by atoms with van der Waals surface area (Å²) in [6, 6.07) is 4.81. The fraction of sp³-hybridized carbons (Fsp3) is 0. The second-order valence-electron chi connectivity index (χ2n) is 3.94. The van der Waals surface area contributed by atoms with Crippen LogP contribution < -0.4 is 11.1 Å². The topological polar surface area (TPSA) is 55.1 Å². The number of anilines is 2. The number of nitrogens with one attached hydrogen (secondary N) is 1. The number of hydrogen-bond donors (Lipinski definition) is 2. The Morgan fingerprint density at radius 1 is 1.10 bits per heavy atom. The van der Waals surface area contributed by atoms with Crippen LogP contribution in [0.5, 0.6) is 0 Å². The Bertz CT molecular complexity index is 668. The summed E-state index contributed by atoms with van der Waals surface area (Å²) in [5.74, 6) is -3.72. The standard InChI is InChI=1S/C13H8ClF3N2O/c14-9-3-6(15)4-11(17)12(9)19-13(20)8-2-1-7(18)5-10(8)16/h1-5H,18H2,(H,19,20). The van der Waals surface area contributed by atoms with E-state index in [1.807, 2.05) is 0 Å². The van der Waals surface area contributed by atoms with Crippen LogP contribution >= 0.6 is 11.6 Å². The van der Waals surface area contributed by atoms with Crippen LogP contribution in [0.1, 0.15) is 10.4 Å². The van der Waals surface area contributed by atoms with Crippen LogP contribution in [0, 0.1) is 17.5 Å². The largest absolute Gasteiger partial charge is 0.399 e. The maximum Gasteiger partial charge on any atom is 0.258 e. The monoisotopic (exact) mass is 300 g/mol. The fourth-order valence-electron chi connectivity index (χ4n) is 1.56. The van der Waals surface area contributed by atoms with Crippen molar-refractivity contribution < 1.29 is 18.0 Å². The lowest BCUT2D eigenvalue weighted by molar-refractivity contribution is 0.102. The number of carbonyl (C=O) groups excluding carboxylic acids is 1. The predicted octanol–water partition coefficient (Wildman–Crippen LogP) is 3.59. The number of amides is 1. The van der Waals surface area contributed by atoms with Gasteiger partial charge in [0.05, 0.1) is 16.3 Å². The molecule has 2 rings (SSSR count). The summed E-state index contributed by atoms with van der Waals surface area (Å²) in [5, 5.41) is 1.76. The van der Waals surface area contributed by atoms with E-state index < -0.39 is 29.0 Å². The molecule has 0 aliphatic carbocycles. The molecule has 0 saturated carbocycles. The molecule has 20 heavy (non-hydrogen) atoms. The highest BCUT2D eigenvalue weighted by Crippen LogP contribution is 2.27. The van der Waals surface area contributed by atoms with Crippen LogP contribution in [-0.4, -0.2) is 5.91 Å². The van der Waals surface area contributed by atoms with Crippen LogP contribution in [-0.2, 0) is 0 Å². The summed E-state index contributed by atoms with van der Waals surface area (Å²) >= 11 is 5.62. The SMILES string of the molecule is Nc1ccc(C(=O)Nc2c(F)cc(F)cc2Cl)c(F)c1. The van der Waals surface area contributed by atoms with Gasteiger partial charge in [0.25, 0.3) is 5.91 Å². The predicted molar refractivity (Wildman–Crippen MR) is 70.1 cm³/mol. The average Bonchev–Trinajstić information content (AvgIpc) is 2.33. The van der Waals surface area contributed by atoms with Crippen LogP contribution in [0.4, 0.5) is 24.5 Å². The molecule has 0 bridgehead atoms.